The van der Waals surface area contributed by atoms with Gasteiger partial charge in [-0.05, 0) is 31.8 Å². The predicted molar refractivity (Wildman–Crippen MR) is 63.4 cm³/mol. The van der Waals surface area contributed by atoms with Gasteiger partial charge in [0.1, 0.15) is 10.6 Å². The van der Waals surface area contributed by atoms with Crippen LogP contribution in [0, 0.1) is 6.92 Å². The van der Waals surface area contributed by atoms with Gasteiger partial charge in [-0.15, -0.1) is 0 Å². The molecule has 0 atom stereocenters. The van der Waals surface area contributed by atoms with Crippen LogP contribution in [-0.2, 0) is 4.74 Å². The molecule has 1 rings (SSSR count). The van der Waals surface area contributed by atoms with Crippen LogP contribution < -0.4 is 5.32 Å². The third-order valence-corrected chi connectivity index (χ3v) is 2.93. The maximum absolute atomic E-state index is 10.9. The number of aromatic nitrogens is 1. The molecule has 0 aliphatic rings. The van der Waals surface area contributed by atoms with E-state index in [9.17, 15) is 4.79 Å². The second-order valence-electron chi connectivity index (χ2n) is 3.25. The Morgan fingerprint density at radius 2 is 2.38 bits per heavy atom. The van der Waals surface area contributed by atoms with Gasteiger partial charge in [0.15, 0.2) is 0 Å². The molecular formula is C10H16N2O3S. The van der Waals surface area contributed by atoms with Gasteiger partial charge in [0.2, 0.25) is 0 Å². The lowest BCUT2D eigenvalue weighted by Gasteiger charge is -2.04. The average Bonchev–Trinajstić information content (AvgIpc) is 2.59. The number of anilines is 1. The van der Waals surface area contributed by atoms with Crippen LogP contribution >= 0.6 is 11.5 Å². The lowest BCUT2D eigenvalue weighted by atomic mass is 10.2. The van der Waals surface area contributed by atoms with Gasteiger partial charge in [-0.3, -0.25) is 0 Å². The largest absolute Gasteiger partial charge is 0.478 e. The number of hydrogen-bond donors (Lipinski definition) is 2. The number of nitrogens with one attached hydrogen (secondary N) is 1. The third kappa shape index (κ3) is 3.46. The van der Waals surface area contributed by atoms with Crippen molar-refractivity contribution < 1.29 is 14.6 Å². The molecule has 5 nitrogen and oxygen atoms in total. The van der Waals surface area contributed by atoms with Crippen molar-refractivity contribution in [2.45, 2.75) is 20.3 Å². The molecule has 2 N–H and O–H groups in total. The number of aromatic carboxylic acids is 1. The highest BCUT2D eigenvalue weighted by Gasteiger charge is 2.16. The number of carboxylic acids is 1. The molecule has 1 aromatic rings. The van der Waals surface area contributed by atoms with Crippen molar-refractivity contribution in [2.75, 3.05) is 25.1 Å². The molecule has 0 saturated heterocycles. The first-order valence-corrected chi connectivity index (χ1v) is 5.95. The third-order valence-electron chi connectivity index (χ3n) is 2.03. The molecule has 16 heavy (non-hydrogen) atoms. The minimum absolute atomic E-state index is 0.279. The van der Waals surface area contributed by atoms with Gasteiger partial charge < -0.3 is 15.2 Å². The summed E-state index contributed by atoms with van der Waals surface area (Å²) in [6.07, 6.45) is 0.851. The number of carbonyl (C=O) groups is 1. The zero-order chi connectivity index (χ0) is 12.0. The monoisotopic (exact) mass is 244 g/mol. The molecule has 0 bridgehead atoms. The van der Waals surface area contributed by atoms with Crippen LogP contribution in [0.25, 0.3) is 0 Å². The molecule has 0 amide bonds. The molecule has 0 radical (unpaired) electrons. The van der Waals surface area contributed by atoms with E-state index in [2.05, 4.69) is 9.69 Å². The minimum atomic E-state index is -0.932. The van der Waals surface area contributed by atoms with Crippen molar-refractivity contribution in [3.63, 3.8) is 0 Å². The Bertz CT molecular complexity index is 352. The maximum Gasteiger partial charge on any atom is 0.340 e. The van der Waals surface area contributed by atoms with E-state index in [1.807, 2.05) is 6.92 Å². The second-order valence-corrected chi connectivity index (χ2v) is 4.03. The summed E-state index contributed by atoms with van der Waals surface area (Å²) in [5, 5.41) is 12.7. The van der Waals surface area contributed by atoms with Crippen molar-refractivity contribution in [3.05, 3.63) is 11.3 Å². The van der Waals surface area contributed by atoms with Crippen molar-refractivity contribution in [3.8, 4) is 0 Å². The van der Waals surface area contributed by atoms with Gasteiger partial charge in [-0.2, -0.15) is 4.37 Å². The average molecular weight is 244 g/mol. The van der Waals surface area contributed by atoms with Crippen LogP contribution in [0.3, 0.4) is 0 Å². The minimum Gasteiger partial charge on any atom is -0.478 e. The summed E-state index contributed by atoms with van der Waals surface area (Å²) in [5.74, 6) is -0.932. The van der Waals surface area contributed by atoms with Crippen LogP contribution in [0.4, 0.5) is 5.00 Å². The van der Waals surface area contributed by atoms with Crippen molar-refractivity contribution in [1.29, 1.82) is 0 Å². The molecule has 0 aliphatic carbocycles. The Hall–Kier alpha value is -1.14. The first-order valence-electron chi connectivity index (χ1n) is 5.18. The van der Waals surface area contributed by atoms with Crippen molar-refractivity contribution in [2.24, 2.45) is 0 Å². The van der Waals surface area contributed by atoms with Crippen LogP contribution in [0.5, 0.6) is 0 Å². The summed E-state index contributed by atoms with van der Waals surface area (Å²) in [7, 11) is 0. The summed E-state index contributed by atoms with van der Waals surface area (Å²) in [6.45, 7) is 5.74. The zero-order valence-corrected chi connectivity index (χ0v) is 10.3. The molecule has 6 heteroatoms. The van der Waals surface area contributed by atoms with Gasteiger partial charge in [0, 0.05) is 19.8 Å². The molecule has 1 heterocycles. The summed E-state index contributed by atoms with van der Waals surface area (Å²) in [4.78, 5) is 10.9. The molecule has 90 valence electrons. The molecule has 0 aliphatic heterocycles. The highest BCUT2D eigenvalue weighted by atomic mass is 32.1. The normalized spacial score (nSPS) is 10.4. The highest BCUT2D eigenvalue weighted by Crippen LogP contribution is 2.24. The molecule has 0 fully saturated rings. The lowest BCUT2D eigenvalue weighted by Crippen LogP contribution is -2.08. The summed E-state index contributed by atoms with van der Waals surface area (Å²) >= 11 is 1.19. The summed E-state index contributed by atoms with van der Waals surface area (Å²) in [5.41, 5.74) is 0.839. The molecule has 0 saturated carbocycles. The number of hydrogen-bond acceptors (Lipinski definition) is 5. The number of nitrogens with zero attached hydrogens (tertiary/aromatic N) is 1. The lowest BCUT2D eigenvalue weighted by molar-refractivity contribution is 0.0697. The van der Waals surface area contributed by atoms with Crippen LogP contribution in [-0.4, -0.2) is 35.2 Å². The van der Waals surface area contributed by atoms with Crippen molar-refractivity contribution >= 4 is 22.5 Å². The zero-order valence-electron chi connectivity index (χ0n) is 9.45. The van der Waals surface area contributed by atoms with Gasteiger partial charge in [0.25, 0.3) is 0 Å². The van der Waals surface area contributed by atoms with E-state index in [0.717, 1.165) is 6.42 Å². The molecule has 0 spiro atoms. The van der Waals surface area contributed by atoms with E-state index >= 15 is 0 Å². The Morgan fingerprint density at radius 1 is 1.62 bits per heavy atom. The van der Waals surface area contributed by atoms with E-state index in [1.54, 1.807) is 6.92 Å². The number of carboxylic acid groups (broad SMARTS) is 1. The second kappa shape index (κ2) is 6.44. The van der Waals surface area contributed by atoms with E-state index in [4.69, 9.17) is 9.84 Å². The molecular weight excluding hydrogens is 228 g/mol. The van der Waals surface area contributed by atoms with Gasteiger partial charge in [-0.1, -0.05) is 0 Å². The van der Waals surface area contributed by atoms with E-state index < -0.39 is 5.97 Å². The molecule has 0 aromatic carbocycles. The molecule has 1 aromatic heterocycles. The SMILES string of the molecule is CCOCCCNc1snc(C)c1C(=O)O. The number of aryl methyl sites for hydroxylation is 1. The molecule has 0 unspecified atom stereocenters. The predicted octanol–water partition coefficient (Wildman–Crippen LogP) is 1.99. The fourth-order valence-corrected chi connectivity index (χ4v) is 2.08. The fraction of sp³-hybridized carbons (Fsp3) is 0.600. The topological polar surface area (TPSA) is 71.5 Å². The smallest absolute Gasteiger partial charge is 0.340 e. The standard InChI is InChI=1S/C10H16N2O3S/c1-3-15-6-4-5-11-9-8(10(13)14)7(2)12-16-9/h11H,3-6H2,1-2H3,(H,13,14). The van der Waals surface area contributed by atoms with Crippen LogP contribution in [0.2, 0.25) is 0 Å². The summed E-state index contributed by atoms with van der Waals surface area (Å²) < 4.78 is 9.21. The first kappa shape index (κ1) is 12.9. The van der Waals surface area contributed by atoms with E-state index in [0.29, 0.717) is 30.5 Å². The Morgan fingerprint density at radius 3 is 3.00 bits per heavy atom. The van der Waals surface area contributed by atoms with Crippen LogP contribution in [0.15, 0.2) is 0 Å². The maximum atomic E-state index is 10.9. The van der Waals surface area contributed by atoms with Gasteiger partial charge in [0.05, 0.1) is 5.69 Å². The number of ether oxygens (including phenoxy) is 1. The van der Waals surface area contributed by atoms with Gasteiger partial charge >= 0.3 is 5.97 Å². The van der Waals surface area contributed by atoms with Gasteiger partial charge in [-0.25, -0.2) is 4.79 Å². The quantitative estimate of drug-likeness (QED) is 0.718. The Labute approximate surface area is 98.6 Å². The number of rotatable bonds is 7. The van der Waals surface area contributed by atoms with E-state index in [-0.39, 0.29) is 5.56 Å². The van der Waals surface area contributed by atoms with Crippen LogP contribution in [0.1, 0.15) is 29.4 Å². The van der Waals surface area contributed by atoms with E-state index in [1.165, 1.54) is 11.5 Å². The summed E-state index contributed by atoms with van der Waals surface area (Å²) in [6, 6.07) is 0. The Balaban J connectivity index is 2.45. The highest BCUT2D eigenvalue weighted by molar-refractivity contribution is 7.10. The fourth-order valence-electron chi connectivity index (χ4n) is 1.26. The Kier molecular flexibility index (Phi) is 5.21. The van der Waals surface area contributed by atoms with Crippen molar-refractivity contribution in [1.82, 2.24) is 4.37 Å². The first-order chi connectivity index (χ1) is 7.66.